The van der Waals surface area contributed by atoms with Crippen molar-refractivity contribution in [3.05, 3.63) is 33.6 Å². The van der Waals surface area contributed by atoms with Crippen molar-refractivity contribution in [3.63, 3.8) is 0 Å². The Morgan fingerprint density at radius 2 is 2.10 bits per heavy atom. The number of anilines is 1. The number of carbonyl (C=O) groups excluding carboxylic acids is 1. The second-order valence-electron chi connectivity index (χ2n) is 4.43. The number of nitrogens with one attached hydrogen (secondary N) is 1. The number of hydrogen-bond donors (Lipinski definition) is 2. The van der Waals surface area contributed by atoms with Gasteiger partial charge in [0.1, 0.15) is 17.1 Å². The highest BCUT2D eigenvalue weighted by Crippen LogP contribution is 2.27. The number of hydrogen-bond acceptors (Lipinski definition) is 4. The van der Waals surface area contributed by atoms with Crippen LogP contribution in [-0.4, -0.2) is 17.4 Å². The fourth-order valence-corrected chi connectivity index (χ4v) is 1.81. The third-order valence-corrected chi connectivity index (χ3v) is 2.91. The zero-order valence-corrected chi connectivity index (χ0v) is 11.3. The van der Waals surface area contributed by atoms with Crippen molar-refractivity contribution in [3.8, 4) is 0 Å². The second kappa shape index (κ2) is 7.42. The van der Waals surface area contributed by atoms with Crippen molar-refractivity contribution in [2.45, 2.75) is 32.6 Å². The number of nitro groups is 1. The van der Waals surface area contributed by atoms with Crippen LogP contribution in [0.15, 0.2) is 12.1 Å². The fourth-order valence-electron chi connectivity index (χ4n) is 1.81. The molecule has 0 saturated heterocycles. The smallest absolute Gasteiger partial charge is 0.293 e. The molecule has 1 aromatic rings. The molecule has 0 aromatic heterocycles. The molecule has 1 aromatic carbocycles. The minimum atomic E-state index is -0.862. The number of benzene rings is 1. The molecule has 0 aliphatic rings. The first kappa shape index (κ1) is 15.9. The molecule has 0 atom stereocenters. The summed E-state index contributed by atoms with van der Waals surface area (Å²) in [5.41, 5.74) is 4.12. The highest BCUT2D eigenvalue weighted by atomic mass is 19.1. The quantitative estimate of drug-likeness (QED) is 0.348. The van der Waals surface area contributed by atoms with Crippen LogP contribution in [0.4, 0.5) is 15.8 Å². The lowest BCUT2D eigenvalue weighted by Gasteiger charge is -2.08. The Hall–Kier alpha value is -2.18. The largest absolute Gasteiger partial charge is 0.392 e. The number of carbonyl (C=O) groups is 1. The Balaban J connectivity index is 2.77. The molecule has 0 fully saturated rings. The molecular weight excluding hydrogens is 265 g/mol. The van der Waals surface area contributed by atoms with Crippen molar-refractivity contribution in [1.29, 1.82) is 0 Å². The second-order valence-corrected chi connectivity index (χ2v) is 4.43. The summed E-state index contributed by atoms with van der Waals surface area (Å²) in [7, 11) is 0. The number of amides is 1. The highest BCUT2D eigenvalue weighted by molar-refractivity contribution is 6.01. The van der Waals surface area contributed by atoms with Gasteiger partial charge in [0.05, 0.1) is 4.92 Å². The van der Waals surface area contributed by atoms with E-state index in [4.69, 9.17) is 5.73 Å². The van der Waals surface area contributed by atoms with Crippen molar-refractivity contribution in [2.24, 2.45) is 0 Å². The monoisotopic (exact) mass is 283 g/mol. The maximum Gasteiger partial charge on any atom is 0.293 e. The van der Waals surface area contributed by atoms with Gasteiger partial charge in [-0.15, -0.1) is 0 Å². The van der Waals surface area contributed by atoms with Crippen molar-refractivity contribution in [2.75, 3.05) is 12.3 Å². The van der Waals surface area contributed by atoms with Crippen molar-refractivity contribution < 1.29 is 14.1 Å². The molecule has 1 amide bonds. The molecule has 0 unspecified atom stereocenters. The Morgan fingerprint density at radius 3 is 2.70 bits per heavy atom. The average Bonchev–Trinajstić information content (AvgIpc) is 2.38. The van der Waals surface area contributed by atoms with Gasteiger partial charge in [-0.2, -0.15) is 0 Å². The minimum Gasteiger partial charge on any atom is -0.392 e. The van der Waals surface area contributed by atoms with Crippen LogP contribution in [0.1, 0.15) is 43.0 Å². The number of nitro benzene ring substituents is 1. The lowest BCUT2D eigenvalue weighted by molar-refractivity contribution is -0.384. The number of nitrogens with two attached hydrogens (primary N) is 1. The van der Waals surface area contributed by atoms with Gasteiger partial charge < -0.3 is 11.1 Å². The van der Waals surface area contributed by atoms with Gasteiger partial charge in [0, 0.05) is 12.6 Å². The summed E-state index contributed by atoms with van der Waals surface area (Å²) < 4.78 is 13.6. The number of rotatable bonds is 7. The molecular formula is C13H18FN3O3. The molecule has 0 heterocycles. The van der Waals surface area contributed by atoms with E-state index in [9.17, 15) is 19.3 Å². The topological polar surface area (TPSA) is 98.3 Å². The number of halogens is 1. The Labute approximate surface area is 116 Å². The van der Waals surface area contributed by atoms with E-state index in [0.29, 0.717) is 6.54 Å². The lowest BCUT2D eigenvalue weighted by Crippen LogP contribution is -2.26. The molecule has 0 bridgehead atoms. The molecule has 0 saturated carbocycles. The minimum absolute atomic E-state index is 0.389. The van der Waals surface area contributed by atoms with E-state index in [0.717, 1.165) is 37.8 Å². The van der Waals surface area contributed by atoms with Gasteiger partial charge in [-0.25, -0.2) is 4.39 Å². The SMILES string of the molecule is CCCCCCNC(=O)c1c(F)ccc([N+](=O)[O-])c1N. The third-order valence-electron chi connectivity index (χ3n) is 2.91. The standard InChI is InChI=1S/C13H18FN3O3/c1-2-3-4-5-8-16-13(18)11-9(14)6-7-10(12(11)15)17(19)20/h6-7H,2-5,8,15H2,1H3,(H,16,18). The summed E-state index contributed by atoms with van der Waals surface area (Å²) in [6.07, 6.45) is 3.86. The van der Waals surface area contributed by atoms with E-state index in [1.165, 1.54) is 0 Å². The van der Waals surface area contributed by atoms with Gasteiger partial charge in [0.2, 0.25) is 0 Å². The van der Waals surface area contributed by atoms with E-state index >= 15 is 0 Å². The van der Waals surface area contributed by atoms with Crippen LogP contribution in [0.25, 0.3) is 0 Å². The zero-order valence-electron chi connectivity index (χ0n) is 11.3. The van der Waals surface area contributed by atoms with Gasteiger partial charge in [-0.1, -0.05) is 26.2 Å². The molecule has 7 heteroatoms. The van der Waals surface area contributed by atoms with E-state index in [2.05, 4.69) is 12.2 Å². The third kappa shape index (κ3) is 3.91. The first-order valence-electron chi connectivity index (χ1n) is 6.49. The predicted molar refractivity (Wildman–Crippen MR) is 73.9 cm³/mol. The van der Waals surface area contributed by atoms with Crippen LogP contribution in [0.5, 0.6) is 0 Å². The van der Waals surface area contributed by atoms with Gasteiger partial charge >= 0.3 is 0 Å². The average molecular weight is 283 g/mol. The van der Waals surface area contributed by atoms with Gasteiger partial charge in [-0.05, 0) is 12.5 Å². The summed E-state index contributed by atoms with van der Waals surface area (Å²) >= 11 is 0. The maximum absolute atomic E-state index is 13.6. The molecule has 20 heavy (non-hydrogen) atoms. The molecule has 0 aliphatic carbocycles. The first-order chi connectivity index (χ1) is 9.49. The van der Waals surface area contributed by atoms with Gasteiger partial charge in [-0.3, -0.25) is 14.9 Å². The number of nitrogens with zero attached hydrogens (tertiary/aromatic N) is 1. The first-order valence-corrected chi connectivity index (χ1v) is 6.49. The molecule has 0 spiro atoms. The van der Waals surface area contributed by atoms with E-state index in [1.54, 1.807) is 0 Å². The molecule has 1 rings (SSSR count). The number of unbranched alkanes of at least 4 members (excludes halogenated alkanes) is 3. The fraction of sp³-hybridized carbons (Fsp3) is 0.462. The Morgan fingerprint density at radius 1 is 1.40 bits per heavy atom. The highest BCUT2D eigenvalue weighted by Gasteiger charge is 2.23. The van der Waals surface area contributed by atoms with E-state index in [1.807, 2.05) is 0 Å². The molecule has 0 aliphatic heterocycles. The zero-order chi connectivity index (χ0) is 15.1. The number of nitrogen functional groups attached to an aromatic ring is 1. The summed E-state index contributed by atoms with van der Waals surface area (Å²) in [5.74, 6) is -1.58. The van der Waals surface area contributed by atoms with E-state index < -0.39 is 33.6 Å². The van der Waals surface area contributed by atoms with Crippen molar-refractivity contribution in [1.82, 2.24) is 5.32 Å². The lowest BCUT2D eigenvalue weighted by atomic mass is 10.1. The summed E-state index contributed by atoms with van der Waals surface area (Å²) in [6, 6.07) is 1.82. The van der Waals surface area contributed by atoms with Gasteiger partial charge in [0.25, 0.3) is 11.6 Å². The van der Waals surface area contributed by atoms with Crippen molar-refractivity contribution >= 4 is 17.3 Å². The van der Waals surface area contributed by atoms with Crippen LogP contribution in [0.3, 0.4) is 0 Å². The van der Waals surface area contributed by atoms with Crippen LogP contribution in [0, 0.1) is 15.9 Å². The summed E-state index contributed by atoms with van der Waals surface area (Å²) in [4.78, 5) is 21.8. The molecule has 3 N–H and O–H groups in total. The summed E-state index contributed by atoms with van der Waals surface area (Å²) in [6.45, 7) is 2.46. The normalized spacial score (nSPS) is 10.3. The van der Waals surface area contributed by atoms with Crippen LogP contribution in [0.2, 0.25) is 0 Å². The maximum atomic E-state index is 13.6. The van der Waals surface area contributed by atoms with Crippen LogP contribution < -0.4 is 11.1 Å². The van der Waals surface area contributed by atoms with Crippen LogP contribution in [-0.2, 0) is 0 Å². The molecule has 0 radical (unpaired) electrons. The Kier molecular flexibility index (Phi) is 5.89. The molecule has 110 valence electrons. The van der Waals surface area contributed by atoms with Gasteiger partial charge in [0.15, 0.2) is 0 Å². The Bertz CT molecular complexity index is 506. The summed E-state index contributed by atoms with van der Waals surface area (Å²) in [5, 5.41) is 13.2. The van der Waals surface area contributed by atoms with Crippen LogP contribution >= 0.6 is 0 Å². The predicted octanol–water partition coefficient (Wildman–Crippen LogP) is 2.63. The molecule has 6 nitrogen and oxygen atoms in total. The van der Waals surface area contributed by atoms with E-state index in [-0.39, 0.29) is 0 Å².